The van der Waals surface area contributed by atoms with Gasteiger partial charge in [0.15, 0.2) is 11.5 Å². The molecular weight excluding hydrogens is 580 g/mol. The van der Waals surface area contributed by atoms with Gasteiger partial charge in [-0.3, -0.25) is 9.36 Å². The van der Waals surface area contributed by atoms with E-state index in [4.69, 9.17) is 20.8 Å². The summed E-state index contributed by atoms with van der Waals surface area (Å²) in [5.74, 6) is -0.308. The summed E-state index contributed by atoms with van der Waals surface area (Å²) >= 11 is 0. The molecule has 224 valence electrons. The lowest BCUT2D eigenvalue weighted by molar-refractivity contribution is 0.0696. The van der Waals surface area contributed by atoms with Crippen LogP contribution in [0.15, 0.2) is 122 Å². The number of hydrogen-bond donors (Lipinski definition) is 3. The number of carbonyl (C=O) groups is 2. The molecule has 0 fully saturated rings. The summed E-state index contributed by atoms with van der Waals surface area (Å²) in [7, 11) is 0. The van der Waals surface area contributed by atoms with Gasteiger partial charge in [0.25, 0.3) is 5.91 Å². The number of nitrogens with one attached hydrogen (secondary N) is 1. The third-order valence-electron chi connectivity index (χ3n) is 7.52. The van der Waals surface area contributed by atoms with Crippen molar-refractivity contribution in [3.63, 3.8) is 0 Å². The summed E-state index contributed by atoms with van der Waals surface area (Å²) in [6, 6.07) is 32.1. The van der Waals surface area contributed by atoms with Gasteiger partial charge >= 0.3 is 5.97 Å². The predicted octanol–water partition coefficient (Wildman–Crippen LogP) is 5.55. The Bertz CT molecular complexity index is 2210. The van der Waals surface area contributed by atoms with Gasteiger partial charge in [0.05, 0.1) is 28.7 Å². The van der Waals surface area contributed by atoms with Crippen LogP contribution in [0.3, 0.4) is 0 Å². The Morgan fingerprint density at radius 3 is 2.28 bits per heavy atom. The molecule has 4 N–H and O–H groups in total. The molecule has 0 unspecified atom stereocenters. The minimum absolute atomic E-state index is 0.0830. The highest BCUT2D eigenvalue weighted by Gasteiger charge is 2.19. The van der Waals surface area contributed by atoms with Crippen molar-refractivity contribution in [1.82, 2.24) is 34.6 Å². The van der Waals surface area contributed by atoms with E-state index in [1.807, 2.05) is 83.4 Å². The van der Waals surface area contributed by atoms with Crippen molar-refractivity contribution >= 4 is 28.9 Å². The molecule has 0 aliphatic rings. The number of hydrogen-bond acceptors (Lipinski definition) is 7. The molecular formula is C35H26N8O3. The zero-order valence-electron chi connectivity index (χ0n) is 24.3. The third kappa shape index (κ3) is 5.44. The van der Waals surface area contributed by atoms with Crippen molar-refractivity contribution in [2.45, 2.75) is 6.54 Å². The van der Waals surface area contributed by atoms with Gasteiger partial charge in [-0.1, -0.05) is 42.5 Å². The van der Waals surface area contributed by atoms with Crippen LogP contribution >= 0.6 is 0 Å². The van der Waals surface area contributed by atoms with Gasteiger partial charge in [-0.05, 0) is 66.2 Å². The van der Waals surface area contributed by atoms with Gasteiger partial charge in [0.1, 0.15) is 11.3 Å². The second-order valence-electron chi connectivity index (χ2n) is 10.5. The molecule has 0 saturated carbocycles. The molecule has 4 aromatic heterocycles. The van der Waals surface area contributed by atoms with Gasteiger partial charge in [0.2, 0.25) is 0 Å². The number of nitrogens with zero attached hydrogens (tertiary/aromatic N) is 6. The predicted molar refractivity (Wildman–Crippen MR) is 174 cm³/mol. The van der Waals surface area contributed by atoms with Crippen LogP contribution in [0.25, 0.3) is 45.2 Å². The maximum Gasteiger partial charge on any atom is 0.338 e. The Balaban J connectivity index is 1.14. The molecule has 0 bridgehead atoms. The lowest BCUT2D eigenvalue weighted by atomic mass is 10.1. The second-order valence-corrected chi connectivity index (χ2v) is 10.5. The average Bonchev–Trinajstić information content (AvgIpc) is 3.74. The number of nitrogens with two attached hydrogens (primary N) is 1. The monoisotopic (exact) mass is 606 g/mol. The minimum Gasteiger partial charge on any atom is -0.478 e. The van der Waals surface area contributed by atoms with E-state index in [0.29, 0.717) is 40.6 Å². The van der Waals surface area contributed by atoms with Crippen LogP contribution in [-0.2, 0) is 6.54 Å². The number of anilines is 1. The lowest BCUT2D eigenvalue weighted by Gasteiger charge is -2.12. The number of nitrogen functional groups attached to an aromatic ring is 1. The molecule has 46 heavy (non-hydrogen) atoms. The lowest BCUT2D eigenvalue weighted by Crippen LogP contribution is -2.22. The molecule has 7 aromatic rings. The Kier molecular flexibility index (Phi) is 7.23. The number of aromatic carboxylic acids is 1. The normalized spacial score (nSPS) is 11.0. The van der Waals surface area contributed by atoms with Crippen molar-refractivity contribution in [3.05, 3.63) is 138 Å². The number of imidazole rings is 1. The van der Waals surface area contributed by atoms with Crippen molar-refractivity contribution < 1.29 is 14.7 Å². The summed E-state index contributed by atoms with van der Waals surface area (Å²) in [6.45, 7) is 0.311. The van der Waals surface area contributed by atoms with Crippen LogP contribution < -0.4 is 11.1 Å². The number of pyridine rings is 2. The van der Waals surface area contributed by atoms with E-state index in [-0.39, 0.29) is 11.5 Å². The number of carboxylic acid groups (broad SMARTS) is 1. The van der Waals surface area contributed by atoms with Crippen LogP contribution in [0.2, 0.25) is 0 Å². The average molecular weight is 607 g/mol. The topological polar surface area (TPSA) is 154 Å². The van der Waals surface area contributed by atoms with Gasteiger partial charge in [-0.2, -0.15) is 5.10 Å². The van der Waals surface area contributed by atoms with Crippen LogP contribution in [0.4, 0.5) is 5.82 Å². The van der Waals surface area contributed by atoms with E-state index < -0.39 is 5.97 Å². The molecule has 0 spiro atoms. The highest BCUT2D eigenvalue weighted by atomic mass is 16.4. The summed E-state index contributed by atoms with van der Waals surface area (Å²) in [5.41, 5.74) is 13.1. The molecule has 3 aromatic carbocycles. The number of fused-ring (bicyclic) bond motifs is 1. The van der Waals surface area contributed by atoms with E-state index in [1.54, 1.807) is 30.5 Å². The first kappa shape index (κ1) is 28.2. The fourth-order valence-corrected chi connectivity index (χ4v) is 5.15. The van der Waals surface area contributed by atoms with Crippen molar-refractivity contribution in [2.75, 3.05) is 5.73 Å². The maximum atomic E-state index is 12.9. The second kappa shape index (κ2) is 11.8. The number of rotatable bonds is 8. The highest BCUT2D eigenvalue weighted by Crippen LogP contribution is 2.31. The van der Waals surface area contributed by atoms with Crippen molar-refractivity contribution in [1.29, 1.82) is 0 Å². The Morgan fingerprint density at radius 1 is 0.804 bits per heavy atom. The molecule has 11 heteroatoms. The van der Waals surface area contributed by atoms with E-state index in [9.17, 15) is 9.59 Å². The van der Waals surface area contributed by atoms with Gasteiger partial charge in [-0.15, -0.1) is 0 Å². The number of carboxylic acids is 1. The number of aromatic nitrogens is 6. The Hall–Kier alpha value is -6.62. The van der Waals surface area contributed by atoms with E-state index in [0.717, 1.165) is 28.0 Å². The molecule has 7 rings (SSSR count). The van der Waals surface area contributed by atoms with E-state index >= 15 is 0 Å². The summed E-state index contributed by atoms with van der Waals surface area (Å²) in [5, 5.41) is 16.1. The molecule has 0 radical (unpaired) electrons. The maximum absolute atomic E-state index is 12.9. The first-order chi connectivity index (χ1) is 22.4. The summed E-state index contributed by atoms with van der Waals surface area (Å²) in [4.78, 5) is 38.2. The largest absolute Gasteiger partial charge is 0.478 e. The minimum atomic E-state index is -1.05. The molecule has 1 amide bonds. The zero-order chi connectivity index (χ0) is 31.6. The fraction of sp³-hybridized carbons (Fsp3) is 0.0286. The molecule has 0 atom stereocenters. The van der Waals surface area contributed by atoms with Crippen molar-refractivity contribution in [2.24, 2.45) is 0 Å². The van der Waals surface area contributed by atoms with E-state index in [2.05, 4.69) is 15.4 Å². The quantitative estimate of drug-likeness (QED) is 0.204. The van der Waals surface area contributed by atoms with Gasteiger partial charge in [0, 0.05) is 35.8 Å². The SMILES string of the molecule is Nc1ncccc1-c1nc2ccc(-c3ccccc3)nc2n1-c1ccc(CNC(=O)c2ccc(-n3cc(C(=O)O)cn3)cc2)cc1. The summed E-state index contributed by atoms with van der Waals surface area (Å²) in [6.07, 6.45) is 4.34. The van der Waals surface area contributed by atoms with Crippen LogP contribution in [0, 0.1) is 0 Å². The number of benzene rings is 3. The van der Waals surface area contributed by atoms with Gasteiger partial charge < -0.3 is 16.2 Å². The highest BCUT2D eigenvalue weighted by molar-refractivity contribution is 5.94. The van der Waals surface area contributed by atoms with E-state index in [1.165, 1.54) is 17.1 Å². The van der Waals surface area contributed by atoms with Crippen LogP contribution in [0.1, 0.15) is 26.3 Å². The molecule has 11 nitrogen and oxygen atoms in total. The molecule has 0 saturated heterocycles. The fourth-order valence-electron chi connectivity index (χ4n) is 5.15. The molecule has 0 aliphatic heterocycles. The zero-order valence-corrected chi connectivity index (χ0v) is 24.3. The molecule has 4 heterocycles. The third-order valence-corrected chi connectivity index (χ3v) is 7.52. The first-order valence-electron chi connectivity index (χ1n) is 14.4. The Morgan fingerprint density at radius 2 is 1.57 bits per heavy atom. The standard InChI is InChI=1S/C35H26N8O3/c36-31-28(7-4-18-37-31)32-41-30-17-16-29(23-5-2-1-3-6-23)40-33(30)43(32)27-12-8-22(9-13-27)19-38-34(44)24-10-14-26(15-11-24)42-21-25(20-39-42)35(45)46/h1-18,20-21H,19H2,(H2,36,37)(H,38,44)(H,45,46). The first-order valence-corrected chi connectivity index (χ1v) is 14.4. The summed E-state index contributed by atoms with van der Waals surface area (Å²) < 4.78 is 3.42. The smallest absolute Gasteiger partial charge is 0.338 e. The Labute approximate surface area is 262 Å². The number of carbonyl (C=O) groups excluding carboxylic acids is 1. The van der Waals surface area contributed by atoms with Crippen LogP contribution in [-0.4, -0.2) is 46.3 Å². The number of amides is 1. The van der Waals surface area contributed by atoms with Crippen molar-refractivity contribution in [3.8, 4) is 34.0 Å². The van der Waals surface area contributed by atoms with Gasteiger partial charge in [-0.25, -0.2) is 24.4 Å². The van der Waals surface area contributed by atoms with Crippen LogP contribution in [0.5, 0.6) is 0 Å². The molecule has 0 aliphatic carbocycles.